The third kappa shape index (κ3) is 2.69. The summed E-state index contributed by atoms with van der Waals surface area (Å²) >= 11 is 0. The van der Waals surface area contributed by atoms with Gasteiger partial charge in [-0.15, -0.1) is 0 Å². The first-order chi connectivity index (χ1) is 9.52. The van der Waals surface area contributed by atoms with Gasteiger partial charge in [0.1, 0.15) is 0 Å². The lowest BCUT2D eigenvalue weighted by Gasteiger charge is -2.22. The molecule has 0 aliphatic heterocycles. The number of para-hydroxylation sites is 1. The molecule has 0 amide bonds. The fourth-order valence-electron chi connectivity index (χ4n) is 2.13. The van der Waals surface area contributed by atoms with Gasteiger partial charge in [-0.2, -0.15) is 5.26 Å². The zero-order chi connectivity index (χ0) is 14.7. The summed E-state index contributed by atoms with van der Waals surface area (Å²) in [6.45, 7) is 2.36. The predicted octanol–water partition coefficient (Wildman–Crippen LogP) is 2.53. The molecule has 0 bridgehead atoms. The van der Waals surface area contributed by atoms with Gasteiger partial charge in [0.25, 0.3) is 0 Å². The third-order valence-corrected chi connectivity index (χ3v) is 3.09. The Labute approximate surface area is 117 Å². The number of pyridine rings is 1. The molecule has 5 heteroatoms. The van der Waals surface area contributed by atoms with Gasteiger partial charge in [-0.05, 0) is 19.1 Å². The van der Waals surface area contributed by atoms with Crippen molar-refractivity contribution in [3.05, 3.63) is 36.0 Å². The Hall–Kier alpha value is -2.61. The molecule has 2 rings (SSSR count). The van der Waals surface area contributed by atoms with Gasteiger partial charge in [0, 0.05) is 24.7 Å². The number of fused-ring (bicyclic) bond motifs is 1. The Morgan fingerprint density at radius 2 is 2.20 bits per heavy atom. The van der Waals surface area contributed by atoms with Gasteiger partial charge in [-0.25, -0.2) is 9.78 Å². The highest BCUT2D eigenvalue weighted by Gasteiger charge is 2.14. The molecule has 0 aliphatic rings. The second-order valence-electron chi connectivity index (χ2n) is 4.76. The molecule has 0 fully saturated rings. The lowest BCUT2D eigenvalue weighted by molar-refractivity contribution is 0.0691. The van der Waals surface area contributed by atoms with Gasteiger partial charge in [-0.3, -0.25) is 0 Å². The Bertz CT molecular complexity index is 691. The van der Waals surface area contributed by atoms with Crippen molar-refractivity contribution >= 4 is 22.6 Å². The second kappa shape index (κ2) is 5.57. The molecule has 2 aromatic rings. The zero-order valence-electron chi connectivity index (χ0n) is 11.4. The Kier molecular flexibility index (Phi) is 3.85. The SMILES string of the molecule is CC(C#N)CN(C)c1cc(C(=O)O)nc2ccccc12. The number of aromatic nitrogens is 1. The number of hydrogen-bond acceptors (Lipinski definition) is 4. The molecule has 0 radical (unpaired) electrons. The van der Waals surface area contributed by atoms with E-state index >= 15 is 0 Å². The van der Waals surface area contributed by atoms with E-state index in [1.165, 1.54) is 0 Å². The Balaban J connectivity index is 2.55. The molecule has 1 aromatic carbocycles. The van der Waals surface area contributed by atoms with Crippen LogP contribution in [-0.4, -0.2) is 29.7 Å². The number of carbonyl (C=O) groups is 1. The number of nitriles is 1. The summed E-state index contributed by atoms with van der Waals surface area (Å²) in [5.74, 6) is -1.20. The minimum Gasteiger partial charge on any atom is -0.477 e. The molecule has 0 spiro atoms. The molecule has 0 saturated carbocycles. The van der Waals surface area contributed by atoms with E-state index in [1.54, 1.807) is 12.1 Å². The molecular formula is C15H15N3O2. The minimum absolute atomic E-state index is 0.00941. The van der Waals surface area contributed by atoms with Crippen molar-refractivity contribution in [2.75, 3.05) is 18.5 Å². The molecule has 20 heavy (non-hydrogen) atoms. The van der Waals surface area contributed by atoms with Crippen LogP contribution in [0.5, 0.6) is 0 Å². The van der Waals surface area contributed by atoms with Crippen molar-refractivity contribution < 1.29 is 9.90 Å². The van der Waals surface area contributed by atoms with E-state index in [9.17, 15) is 4.79 Å². The topological polar surface area (TPSA) is 77.2 Å². The number of nitrogens with zero attached hydrogens (tertiary/aromatic N) is 3. The number of aromatic carboxylic acids is 1. The van der Waals surface area contributed by atoms with Crippen LogP contribution in [0.3, 0.4) is 0 Å². The number of carboxylic acids is 1. The van der Waals surface area contributed by atoms with E-state index in [0.717, 1.165) is 11.1 Å². The van der Waals surface area contributed by atoms with Crippen LogP contribution >= 0.6 is 0 Å². The van der Waals surface area contributed by atoms with E-state index in [-0.39, 0.29) is 11.6 Å². The lowest BCUT2D eigenvalue weighted by atomic mass is 10.1. The molecule has 1 atom stereocenters. The number of carboxylic acid groups (broad SMARTS) is 1. The van der Waals surface area contributed by atoms with Crippen LogP contribution in [0.15, 0.2) is 30.3 Å². The van der Waals surface area contributed by atoms with Gasteiger partial charge in [0.05, 0.1) is 17.5 Å². The number of anilines is 1. The maximum Gasteiger partial charge on any atom is 0.354 e. The van der Waals surface area contributed by atoms with Gasteiger partial charge < -0.3 is 10.0 Å². The van der Waals surface area contributed by atoms with Crippen molar-refractivity contribution in [1.82, 2.24) is 4.98 Å². The summed E-state index contributed by atoms with van der Waals surface area (Å²) < 4.78 is 0. The zero-order valence-corrected chi connectivity index (χ0v) is 11.4. The molecular weight excluding hydrogens is 254 g/mol. The van der Waals surface area contributed by atoms with Crippen LogP contribution in [0.4, 0.5) is 5.69 Å². The van der Waals surface area contributed by atoms with Crippen molar-refractivity contribution in [2.45, 2.75) is 6.92 Å². The van der Waals surface area contributed by atoms with Gasteiger partial charge in [0.2, 0.25) is 0 Å². The second-order valence-corrected chi connectivity index (χ2v) is 4.76. The first-order valence-corrected chi connectivity index (χ1v) is 6.26. The van der Waals surface area contributed by atoms with Crippen molar-refractivity contribution in [3.8, 4) is 6.07 Å². The maximum absolute atomic E-state index is 11.2. The largest absolute Gasteiger partial charge is 0.477 e. The highest BCUT2D eigenvalue weighted by atomic mass is 16.4. The van der Waals surface area contributed by atoms with Crippen LogP contribution in [0.25, 0.3) is 10.9 Å². The first-order valence-electron chi connectivity index (χ1n) is 6.26. The fraction of sp³-hybridized carbons (Fsp3) is 0.267. The van der Waals surface area contributed by atoms with E-state index in [4.69, 9.17) is 10.4 Å². The van der Waals surface area contributed by atoms with E-state index in [2.05, 4.69) is 11.1 Å². The van der Waals surface area contributed by atoms with Crippen molar-refractivity contribution in [3.63, 3.8) is 0 Å². The molecule has 0 aliphatic carbocycles. The summed E-state index contributed by atoms with van der Waals surface area (Å²) in [6.07, 6.45) is 0. The summed E-state index contributed by atoms with van der Waals surface area (Å²) in [6, 6.07) is 11.1. The molecule has 0 saturated heterocycles. The summed E-state index contributed by atoms with van der Waals surface area (Å²) in [4.78, 5) is 17.2. The number of benzene rings is 1. The van der Waals surface area contributed by atoms with Crippen LogP contribution in [0, 0.1) is 17.2 Å². The van der Waals surface area contributed by atoms with Gasteiger partial charge in [0.15, 0.2) is 5.69 Å². The van der Waals surface area contributed by atoms with Crippen LogP contribution in [-0.2, 0) is 0 Å². The Morgan fingerprint density at radius 3 is 2.85 bits per heavy atom. The standard InChI is InChI=1S/C15H15N3O2/c1-10(8-16)9-18(2)14-7-13(15(19)20)17-12-6-4-3-5-11(12)14/h3-7,10H,9H2,1-2H3,(H,19,20). The highest BCUT2D eigenvalue weighted by molar-refractivity contribution is 5.97. The van der Waals surface area contributed by atoms with Crippen LogP contribution in [0.2, 0.25) is 0 Å². The maximum atomic E-state index is 11.2. The van der Waals surface area contributed by atoms with E-state index in [0.29, 0.717) is 12.1 Å². The van der Waals surface area contributed by atoms with Crippen molar-refractivity contribution in [2.24, 2.45) is 5.92 Å². The number of rotatable bonds is 4. The smallest absolute Gasteiger partial charge is 0.354 e. The van der Waals surface area contributed by atoms with Gasteiger partial charge in [-0.1, -0.05) is 18.2 Å². The average Bonchev–Trinajstić information content (AvgIpc) is 2.45. The Morgan fingerprint density at radius 1 is 1.50 bits per heavy atom. The molecule has 1 N–H and O–H groups in total. The highest BCUT2D eigenvalue weighted by Crippen LogP contribution is 2.26. The van der Waals surface area contributed by atoms with Crippen LogP contribution in [0.1, 0.15) is 17.4 Å². The van der Waals surface area contributed by atoms with Gasteiger partial charge >= 0.3 is 5.97 Å². The van der Waals surface area contributed by atoms with E-state index < -0.39 is 5.97 Å². The monoisotopic (exact) mass is 269 g/mol. The average molecular weight is 269 g/mol. The summed E-state index contributed by atoms with van der Waals surface area (Å²) in [5.41, 5.74) is 1.42. The van der Waals surface area contributed by atoms with Crippen LogP contribution < -0.4 is 4.90 Å². The quantitative estimate of drug-likeness (QED) is 0.922. The minimum atomic E-state index is -1.06. The molecule has 5 nitrogen and oxygen atoms in total. The first kappa shape index (κ1) is 13.8. The number of hydrogen-bond donors (Lipinski definition) is 1. The molecule has 1 heterocycles. The predicted molar refractivity (Wildman–Crippen MR) is 76.7 cm³/mol. The summed E-state index contributed by atoms with van der Waals surface area (Å²) in [7, 11) is 1.85. The summed E-state index contributed by atoms with van der Waals surface area (Å²) in [5, 5.41) is 18.9. The lowest BCUT2D eigenvalue weighted by Crippen LogP contribution is -2.24. The van der Waals surface area contributed by atoms with E-state index in [1.807, 2.05) is 37.1 Å². The third-order valence-electron chi connectivity index (χ3n) is 3.09. The molecule has 102 valence electrons. The normalized spacial score (nSPS) is 11.8. The van der Waals surface area contributed by atoms with Crippen molar-refractivity contribution in [1.29, 1.82) is 5.26 Å². The molecule has 1 aromatic heterocycles. The fourth-order valence-corrected chi connectivity index (χ4v) is 2.13. The molecule has 1 unspecified atom stereocenters.